The number of unbranched alkanes of at least 4 members (excludes halogenated alkanes) is 5. The summed E-state index contributed by atoms with van der Waals surface area (Å²) in [5.41, 5.74) is 5.81. The normalized spacial score (nSPS) is 11.0. The Hall–Kier alpha value is -3.13. The molecule has 0 spiro atoms. The number of hydrogen-bond acceptors (Lipinski definition) is 1. The molecule has 0 aliphatic rings. The Labute approximate surface area is 186 Å². The molecular weight excluding hydrogens is 378 g/mol. The highest BCUT2D eigenvalue weighted by Gasteiger charge is 2.23. The van der Waals surface area contributed by atoms with Crippen molar-refractivity contribution >= 4 is 10.9 Å². The van der Waals surface area contributed by atoms with E-state index >= 15 is 0 Å². The number of benzene rings is 3. The summed E-state index contributed by atoms with van der Waals surface area (Å²) >= 11 is 0. The van der Waals surface area contributed by atoms with Gasteiger partial charge in [0.05, 0.1) is 10.9 Å². The molecule has 0 N–H and O–H groups in total. The molecule has 0 saturated heterocycles. The maximum absolute atomic E-state index is 6.42. The molecular formula is C29H32NO+. The number of para-hydroxylation sites is 1. The predicted octanol–water partition coefficient (Wildman–Crippen LogP) is 7.25. The number of pyridine rings is 1. The Kier molecular flexibility index (Phi) is 7.33. The molecule has 3 aromatic carbocycles. The van der Waals surface area contributed by atoms with Gasteiger partial charge < -0.3 is 0 Å². The van der Waals surface area contributed by atoms with Crippen LogP contribution in [0.5, 0.6) is 0 Å². The van der Waals surface area contributed by atoms with Crippen molar-refractivity contribution in [2.24, 2.45) is 0 Å². The van der Waals surface area contributed by atoms with E-state index < -0.39 is 0 Å². The Morgan fingerprint density at radius 3 is 2.00 bits per heavy atom. The van der Waals surface area contributed by atoms with Crippen LogP contribution in [0.2, 0.25) is 0 Å². The summed E-state index contributed by atoms with van der Waals surface area (Å²) in [5, 5.41) is 1.20. The van der Waals surface area contributed by atoms with Gasteiger partial charge in [-0.15, -0.1) is 0 Å². The maximum Gasteiger partial charge on any atom is 0.266 e. The number of hydrogen-bond donors (Lipinski definition) is 0. The van der Waals surface area contributed by atoms with Crippen LogP contribution in [-0.4, -0.2) is 6.61 Å². The summed E-state index contributed by atoms with van der Waals surface area (Å²) in [6.45, 7) is 2.99. The van der Waals surface area contributed by atoms with Crippen molar-refractivity contribution in [2.75, 3.05) is 6.61 Å². The van der Waals surface area contributed by atoms with E-state index in [0.29, 0.717) is 0 Å². The van der Waals surface area contributed by atoms with Crippen molar-refractivity contribution in [1.29, 1.82) is 0 Å². The number of nitrogens with zero attached hydrogens (tertiary/aromatic N) is 1. The molecule has 4 rings (SSSR count). The van der Waals surface area contributed by atoms with Crippen LogP contribution in [-0.2, 0) is 0 Å². The van der Waals surface area contributed by atoms with Gasteiger partial charge in [0.1, 0.15) is 0 Å². The zero-order chi connectivity index (χ0) is 21.3. The molecule has 1 aromatic heterocycles. The monoisotopic (exact) mass is 410 g/mol. The first-order chi connectivity index (χ1) is 15.4. The molecule has 0 atom stereocenters. The molecule has 2 nitrogen and oxygen atoms in total. The van der Waals surface area contributed by atoms with E-state index in [9.17, 15) is 0 Å². The van der Waals surface area contributed by atoms with Crippen molar-refractivity contribution in [3.05, 3.63) is 91.0 Å². The van der Waals surface area contributed by atoms with Gasteiger partial charge in [-0.05, 0) is 36.6 Å². The van der Waals surface area contributed by atoms with Crippen LogP contribution in [0.1, 0.15) is 45.4 Å². The topological polar surface area (TPSA) is 13.1 Å². The molecule has 0 aliphatic heterocycles. The summed E-state index contributed by atoms with van der Waals surface area (Å²) in [6, 6.07) is 32.0. The molecule has 1 heterocycles. The van der Waals surface area contributed by atoms with Gasteiger partial charge >= 0.3 is 0 Å². The number of rotatable bonds is 10. The Morgan fingerprint density at radius 1 is 0.645 bits per heavy atom. The van der Waals surface area contributed by atoms with Crippen LogP contribution < -0.4 is 9.57 Å². The Morgan fingerprint density at radius 2 is 1.26 bits per heavy atom. The quantitative estimate of drug-likeness (QED) is 0.198. The van der Waals surface area contributed by atoms with Gasteiger partial charge in [-0.25, -0.2) is 0 Å². The van der Waals surface area contributed by atoms with Gasteiger partial charge in [0.15, 0.2) is 6.61 Å². The first-order valence-electron chi connectivity index (χ1n) is 11.6. The van der Waals surface area contributed by atoms with Gasteiger partial charge in [-0.1, -0.05) is 93.3 Å². The van der Waals surface area contributed by atoms with E-state index in [4.69, 9.17) is 4.84 Å². The molecule has 0 saturated carbocycles. The van der Waals surface area contributed by atoms with Gasteiger partial charge in [-0.3, -0.25) is 4.84 Å². The van der Waals surface area contributed by atoms with Crippen LogP contribution >= 0.6 is 0 Å². The fraction of sp³-hybridized carbons (Fsp3) is 0.276. The second-order valence-electron chi connectivity index (χ2n) is 8.09. The third-order valence-corrected chi connectivity index (χ3v) is 5.79. The molecule has 4 aromatic rings. The minimum atomic E-state index is 0.727. The molecule has 0 fully saturated rings. The van der Waals surface area contributed by atoms with Crippen LogP contribution in [0.3, 0.4) is 0 Å². The van der Waals surface area contributed by atoms with E-state index in [-0.39, 0.29) is 0 Å². The van der Waals surface area contributed by atoms with Crippen LogP contribution in [0.4, 0.5) is 0 Å². The van der Waals surface area contributed by atoms with Gasteiger partial charge in [0.2, 0.25) is 0 Å². The highest BCUT2D eigenvalue weighted by Crippen LogP contribution is 2.30. The number of fused-ring (bicyclic) bond motifs is 1. The van der Waals surface area contributed by atoms with E-state index in [0.717, 1.165) is 29.8 Å². The average Bonchev–Trinajstić information content (AvgIpc) is 2.84. The summed E-state index contributed by atoms with van der Waals surface area (Å²) in [5.74, 6) is 0. The lowest BCUT2D eigenvalue weighted by molar-refractivity contribution is -0.862. The number of aromatic nitrogens is 1. The molecule has 2 heteroatoms. The summed E-state index contributed by atoms with van der Waals surface area (Å²) < 4.78 is 2.04. The van der Waals surface area contributed by atoms with Gasteiger partial charge in [0, 0.05) is 22.4 Å². The molecule has 0 aliphatic carbocycles. The predicted molar refractivity (Wildman–Crippen MR) is 130 cm³/mol. The Balaban J connectivity index is 1.72. The van der Waals surface area contributed by atoms with Crippen molar-refractivity contribution < 1.29 is 9.57 Å². The fourth-order valence-electron chi connectivity index (χ4n) is 4.12. The second-order valence-corrected chi connectivity index (χ2v) is 8.09. The molecule has 0 amide bonds. The molecule has 0 bridgehead atoms. The fourth-order valence-corrected chi connectivity index (χ4v) is 4.12. The second kappa shape index (κ2) is 10.8. The first kappa shape index (κ1) is 21.1. The third-order valence-electron chi connectivity index (χ3n) is 5.79. The van der Waals surface area contributed by atoms with E-state index in [1.54, 1.807) is 0 Å². The minimum absolute atomic E-state index is 0.727. The highest BCUT2D eigenvalue weighted by atomic mass is 16.7. The van der Waals surface area contributed by atoms with Crippen LogP contribution in [0.15, 0.2) is 91.0 Å². The standard InChI is InChI=1S/C29H32NO/c1-2-3-4-5-6-15-22-31-30-28-21-14-13-20-26(28)27(24-16-9-7-10-17-24)23-29(30)25-18-11-8-12-19-25/h7-14,16-21,23H,2-6,15,22H2,1H3/q+1. The highest BCUT2D eigenvalue weighted by molar-refractivity contribution is 5.94. The maximum atomic E-state index is 6.42. The van der Waals surface area contributed by atoms with E-state index in [1.165, 1.54) is 48.6 Å². The largest absolute Gasteiger partial charge is 0.270 e. The SMILES string of the molecule is CCCCCCCCO[n+]1c(-c2ccccc2)cc(-c2ccccc2)c2ccccc21. The lowest BCUT2D eigenvalue weighted by atomic mass is 9.98. The molecule has 0 radical (unpaired) electrons. The van der Waals surface area contributed by atoms with Crippen molar-refractivity contribution in [2.45, 2.75) is 45.4 Å². The van der Waals surface area contributed by atoms with Crippen molar-refractivity contribution in [1.82, 2.24) is 0 Å². The van der Waals surface area contributed by atoms with Gasteiger partial charge in [0.25, 0.3) is 11.2 Å². The lowest BCUT2D eigenvalue weighted by Gasteiger charge is -2.11. The summed E-state index contributed by atoms with van der Waals surface area (Å²) in [7, 11) is 0. The smallest absolute Gasteiger partial charge is 0.266 e. The van der Waals surface area contributed by atoms with E-state index in [2.05, 4.69) is 97.9 Å². The van der Waals surface area contributed by atoms with Crippen LogP contribution in [0.25, 0.3) is 33.3 Å². The third kappa shape index (κ3) is 5.14. The first-order valence-corrected chi connectivity index (χ1v) is 11.6. The van der Waals surface area contributed by atoms with Crippen molar-refractivity contribution in [3.63, 3.8) is 0 Å². The summed E-state index contributed by atoms with van der Waals surface area (Å²) in [6.07, 6.45) is 7.54. The Bertz CT molecular complexity index is 1090. The molecule has 158 valence electrons. The van der Waals surface area contributed by atoms with E-state index in [1.807, 2.05) is 4.73 Å². The van der Waals surface area contributed by atoms with Crippen LogP contribution in [0, 0.1) is 0 Å². The zero-order valence-corrected chi connectivity index (χ0v) is 18.5. The molecule has 0 unspecified atom stereocenters. The zero-order valence-electron chi connectivity index (χ0n) is 18.5. The lowest BCUT2D eigenvalue weighted by Crippen LogP contribution is -2.46. The van der Waals surface area contributed by atoms with Gasteiger partial charge in [-0.2, -0.15) is 0 Å². The minimum Gasteiger partial charge on any atom is -0.270 e. The molecule has 31 heavy (non-hydrogen) atoms. The average molecular weight is 411 g/mol. The van der Waals surface area contributed by atoms with Crippen molar-refractivity contribution in [3.8, 4) is 22.4 Å². The summed E-state index contributed by atoms with van der Waals surface area (Å²) in [4.78, 5) is 6.42.